The minimum atomic E-state index is -0.765. The van der Waals surface area contributed by atoms with E-state index in [-0.39, 0.29) is 25.2 Å². The molecule has 0 bridgehead atoms. The minimum absolute atomic E-state index is 0.0655. The topological polar surface area (TPSA) is 72.8 Å². The molecule has 1 atom stereocenters. The third-order valence-corrected chi connectivity index (χ3v) is 6.56. The van der Waals surface area contributed by atoms with Crippen molar-refractivity contribution in [2.45, 2.75) is 161 Å². The first-order valence-electron chi connectivity index (χ1n) is 15.2. The number of ether oxygens (including phenoxy) is 2. The van der Waals surface area contributed by atoms with Gasteiger partial charge in [0.25, 0.3) is 0 Å². The second kappa shape index (κ2) is 28.2. The molecule has 0 unspecified atom stereocenters. The van der Waals surface area contributed by atoms with Gasteiger partial charge in [-0.15, -0.1) is 0 Å². The summed E-state index contributed by atoms with van der Waals surface area (Å²) in [7, 11) is 0. The number of esters is 2. The van der Waals surface area contributed by atoms with Crippen LogP contribution in [0.2, 0.25) is 0 Å². The van der Waals surface area contributed by atoms with Gasteiger partial charge in [-0.1, -0.05) is 116 Å². The number of carbonyl (C=O) groups excluding carboxylic acids is 2. The molecule has 0 heterocycles. The van der Waals surface area contributed by atoms with Crippen molar-refractivity contribution in [3.63, 3.8) is 0 Å². The van der Waals surface area contributed by atoms with E-state index in [0.29, 0.717) is 12.8 Å². The van der Waals surface area contributed by atoms with Gasteiger partial charge in [0.2, 0.25) is 0 Å². The van der Waals surface area contributed by atoms with Crippen molar-refractivity contribution in [2.24, 2.45) is 0 Å². The molecule has 0 aliphatic carbocycles. The lowest BCUT2D eigenvalue weighted by molar-refractivity contribution is -0.161. The molecule has 0 aromatic heterocycles. The van der Waals surface area contributed by atoms with Crippen LogP contribution in [0.5, 0.6) is 0 Å². The maximum absolute atomic E-state index is 12.0. The molecule has 0 aromatic carbocycles. The summed E-state index contributed by atoms with van der Waals surface area (Å²) in [5.41, 5.74) is 0. The Labute approximate surface area is 222 Å². The SMILES string of the molecule is CCCCCCCC/C=C\CCCCCCCC(=O)O[C@@H](CO)COC(=O)CCCCCCCCC. The molecule has 0 saturated heterocycles. The van der Waals surface area contributed by atoms with Gasteiger partial charge in [0.05, 0.1) is 6.61 Å². The number of carbonyl (C=O) groups is 2. The molecular formula is C31H58O5. The van der Waals surface area contributed by atoms with Crippen LogP contribution in [0.25, 0.3) is 0 Å². The van der Waals surface area contributed by atoms with E-state index < -0.39 is 6.10 Å². The first kappa shape index (κ1) is 34.6. The normalized spacial score (nSPS) is 12.2. The second-order valence-electron chi connectivity index (χ2n) is 10.2. The summed E-state index contributed by atoms with van der Waals surface area (Å²) < 4.78 is 10.5. The standard InChI is InChI=1S/C31H58O5/c1-3-5-7-9-11-12-13-14-15-16-17-18-20-22-24-26-31(34)36-29(27-32)28-35-30(33)25-23-21-19-10-8-6-4-2/h14-15,29,32H,3-13,16-28H2,1-2H3/b15-14-/t29-/m0/s1. The molecule has 0 aliphatic heterocycles. The van der Waals surface area contributed by atoms with Crippen LogP contribution in [0, 0.1) is 0 Å². The molecule has 0 aromatic rings. The van der Waals surface area contributed by atoms with Gasteiger partial charge in [-0.05, 0) is 38.5 Å². The average Bonchev–Trinajstić information content (AvgIpc) is 2.88. The molecule has 5 heteroatoms. The quantitative estimate of drug-likeness (QED) is 0.0680. The number of aliphatic hydroxyl groups excluding tert-OH is 1. The predicted molar refractivity (Wildman–Crippen MR) is 150 cm³/mol. The molecule has 0 saturated carbocycles. The van der Waals surface area contributed by atoms with Crippen molar-refractivity contribution in [1.29, 1.82) is 0 Å². The van der Waals surface area contributed by atoms with Gasteiger partial charge in [-0.3, -0.25) is 9.59 Å². The minimum Gasteiger partial charge on any atom is -0.462 e. The Kier molecular flexibility index (Phi) is 27.1. The highest BCUT2D eigenvalue weighted by Gasteiger charge is 2.16. The smallest absolute Gasteiger partial charge is 0.306 e. The van der Waals surface area contributed by atoms with Crippen LogP contribution in [0.1, 0.15) is 155 Å². The van der Waals surface area contributed by atoms with Crippen molar-refractivity contribution >= 4 is 11.9 Å². The predicted octanol–water partition coefficient (Wildman–Crippen LogP) is 8.61. The van der Waals surface area contributed by atoms with Gasteiger partial charge in [0.1, 0.15) is 6.61 Å². The Morgan fingerprint density at radius 2 is 1.03 bits per heavy atom. The average molecular weight is 511 g/mol. The molecule has 0 radical (unpaired) electrons. The molecule has 0 rings (SSSR count). The monoisotopic (exact) mass is 510 g/mol. The second-order valence-corrected chi connectivity index (χ2v) is 10.2. The lowest BCUT2D eigenvalue weighted by Crippen LogP contribution is -2.28. The van der Waals surface area contributed by atoms with E-state index in [4.69, 9.17) is 9.47 Å². The lowest BCUT2D eigenvalue weighted by atomic mass is 10.1. The Hall–Kier alpha value is -1.36. The van der Waals surface area contributed by atoms with Gasteiger partial charge in [-0.2, -0.15) is 0 Å². The van der Waals surface area contributed by atoms with Crippen LogP contribution < -0.4 is 0 Å². The van der Waals surface area contributed by atoms with Crippen LogP contribution in [0.4, 0.5) is 0 Å². The summed E-state index contributed by atoms with van der Waals surface area (Å²) in [6, 6.07) is 0. The molecule has 212 valence electrons. The van der Waals surface area contributed by atoms with E-state index in [0.717, 1.165) is 44.9 Å². The summed E-state index contributed by atoms with van der Waals surface area (Å²) in [5.74, 6) is -0.606. The number of aliphatic hydroxyl groups is 1. The number of hydrogen-bond donors (Lipinski definition) is 1. The van der Waals surface area contributed by atoms with Crippen LogP contribution in [0.15, 0.2) is 12.2 Å². The summed E-state index contributed by atoms with van der Waals surface area (Å²) in [4.78, 5) is 23.9. The maximum atomic E-state index is 12.0. The van der Waals surface area contributed by atoms with Crippen LogP contribution in [-0.2, 0) is 19.1 Å². The van der Waals surface area contributed by atoms with E-state index in [9.17, 15) is 14.7 Å². The third kappa shape index (κ3) is 25.7. The van der Waals surface area contributed by atoms with Crippen LogP contribution in [-0.4, -0.2) is 36.4 Å². The van der Waals surface area contributed by atoms with E-state index in [1.54, 1.807) is 0 Å². The number of unbranched alkanes of at least 4 members (excludes halogenated alkanes) is 17. The fourth-order valence-electron chi connectivity index (χ4n) is 4.19. The molecule has 5 nitrogen and oxygen atoms in total. The zero-order valence-electron chi connectivity index (χ0n) is 23.8. The van der Waals surface area contributed by atoms with E-state index >= 15 is 0 Å². The zero-order chi connectivity index (χ0) is 26.5. The van der Waals surface area contributed by atoms with E-state index in [1.165, 1.54) is 83.5 Å². The molecule has 0 spiro atoms. The van der Waals surface area contributed by atoms with Gasteiger partial charge in [-0.25, -0.2) is 0 Å². The van der Waals surface area contributed by atoms with Crippen LogP contribution in [0.3, 0.4) is 0 Å². The van der Waals surface area contributed by atoms with Gasteiger partial charge >= 0.3 is 11.9 Å². The fourth-order valence-corrected chi connectivity index (χ4v) is 4.19. The van der Waals surface area contributed by atoms with E-state index in [1.807, 2.05) is 0 Å². The highest BCUT2D eigenvalue weighted by atomic mass is 16.6. The highest BCUT2D eigenvalue weighted by molar-refractivity contribution is 5.70. The lowest BCUT2D eigenvalue weighted by Gasteiger charge is -2.15. The Bertz CT molecular complexity index is 517. The van der Waals surface area contributed by atoms with Gasteiger partial charge in [0, 0.05) is 12.8 Å². The van der Waals surface area contributed by atoms with Crippen molar-refractivity contribution in [3.8, 4) is 0 Å². The molecular weight excluding hydrogens is 452 g/mol. The van der Waals surface area contributed by atoms with Gasteiger partial charge in [0.15, 0.2) is 6.10 Å². The summed E-state index contributed by atoms with van der Waals surface area (Å²) in [5, 5.41) is 9.43. The van der Waals surface area contributed by atoms with Crippen molar-refractivity contribution in [1.82, 2.24) is 0 Å². The maximum Gasteiger partial charge on any atom is 0.306 e. The fraction of sp³-hybridized carbons (Fsp3) is 0.871. The summed E-state index contributed by atoms with van der Waals surface area (Å²) in [6.07, 6.45) is 28.4. The molecule has 36 heavy (non-hydrogen) atoms. The molecule has 0 amide bonds. The molecule has 0 fully saturated rings. The first-order valence-corrected chi connectivity index (χ1v) is 15.2. The first-order chi connectivity index (χ1) is 17.6. The number of allylic oxidation sites excluding steroid dienone is 2. The van der Waals surface area contributed by atoms with E-state index in [2.05, 4.69) is 26.0 Å². The Morgan fingerprint density at radius 1 is 0.611 bits per heavy atom. The van der Waals surface area contributed by atoms with Crippen molar-refractivity contribution in [2.75, 3.05) is 13.2 Å². The Balaban J connectivity index is 3.59. The highest BCUT2D eigenvalue weighted by Crippen LogP contribution is 2.12. The van der Waals surface area contributed by atoms with Crippen LogP contribution >= 0.6 is 0 Å². The third-order valence-electron chi connectivity index (χ3n) is 6.56. The number of hydrogen-bond acceptors (Lipinski definition) is 5. The molecule has 1 N–H and O–H groups in total. The Morgan fingerprint density at radius 3 is 1.50 bits per heavy atom. The molecule has 0 aliphatic rings. The summed E-state index contributed by atoms with van der Waals surface area (Å²) >= 11 is 0. The summed E-state index contributed by atoms with van der Waals surface area (Å²) in [6.45, 7) is 4.06. The largest absolute Gasteiger partial charge is 0.462 e. The number of rotatable bonds is 27. The van der Waals surface area contributed by atoms with Crippen molar-refractivity contribution in [3.05, 3.63) is 12.2 Å². The zero-order valence-corrected chi connectivity index (χ0v) is 23.8. The van der Waals surface area contributed by atoms with Gasteiger partial charge < -0.3 is 14.6 Å². The van der Waals surface area contributed by atoms with Crippen molar-refractivity contribution < 1.29 is 24.2 Å².